The number of rotatable bonds is 5. The Bertz CT molecular complexity index is 1130. The van der Waals surface area contributed by atoms with E-state index in [1.165, 1.54) is 6.07 Å². The summed E-state index contributed by atoms with van der Waals surface area (Å²) >= 11 is 0. The summed E-state index contributed by atoms with van der Waals surface area (Å²) in [5.74, 6) is -0.771. The number of aromatic nitrogens is 2. The lowest BCUT2D eigenvalue weighted by Crippen LogP contribution is -2.46. The molecule has 0 radical (unpaired) electrons. The number of hydrogen-bond donors (Lipinski definition) is 2. The number of nitrogens with one attached hydrogen (secondary N) is 2. The van der Waals surface area contributed by atoms with E-state index in [-0.39, 0.29) is 12.3 Å². The van der Waals surface area contributed by atoms with Crippen LogP contribution in [-0.2, 0) is 23.0 Å². The van der Waals surface area contributed by atoms with Gasteiger partial charge in [0.15, 0.2) is 0 Å². The summed E-state index contributed by atoms with van der Waals surface area (Å²) in [5, 5.41) is 20.5. The highest BCUT2D eigenvalue weighted by atomic mass is 19.1. The van der Waals surface area contributed by atoms with Crippen molar-refractivity contribution in [2.24, 2.45) is 7.05 Å². The van der Waals surface area contributed by atoms with Gasteiger partial charge in [0, 0.05) is 32.0 Å². The van der Waals surface area contributed by atoms with E-state index in [9.17, 15) is 14.4 Å². The van der Waals surface area contributed by atoms with E-state index >= 15 is 0 Å². The van der Waals surface area contributed by atoms with Crippen LogP contribution in [0.15, 0.2) is 42.6 Å². The van der Waals surface area contributed by atoms with Crippen LogP contribution < -0.4 is 10.6 Å². The molecule has 0 aliphatic carbocycles. The van der Waals surface area contributed by atoms with Crippen LogP contribution in [0.3, 0.4) is 0 Å². The van der Waals surface area contributed by atoms with Crippen LogP contribution in [-0.4, -0.2) is 47.5 Å². The van der Waals surface area contributed by atoms with Gasteiger partial charge < -0.3 is 15.4 Å². The molecule has 1 aromatic heterocycles. The molecule has 0 unspecified atom stereocenters. The van der Waals surface area contributed by atoms with E-state index in [1.54, 1.807) is 16.9 Å². The monoisotopic (exact) mass is 421 g/mol. The molecule has 1 fully saturated rings. The number of carbonyl (C=O) groups excluding carboxylic acids is 1. The minimum Gasteiger partial charge on any atom is -0.367 e. The fourth-order valence-electron chi connectivity index (χ4n) is 3.71. The molecule has 2 heterocycles. The molecule has 8 heteroatoms. The van der Waals surface area contributed by atoms with Crippen LogP contribution in [0, 0.1) is 17.1 Å². The van der Waals surface area contributed by atoms with Crippen molar-refractivity contribution >= 4 is 16.8 Å². The van der Waals surface area contributed by atoms with Crippen LogP contribution in [0.25, 0.3) is 22.0 Å². The maximum atomic E-state index is 14.8. The zero-order valence-electron chi connectivity index (χ0n) is 17.3. The molecule has 1 saturated heterocycles. The Morgan fingerprint density at radius 2 is 2.19 bits per heavy atom. The summed E-state index contributed by atoms with van der Waals surface area (Å²) < 4.78 is 22.1. The largest absolute Gasteiger partial charge is 0.367 e. The predicted octanol–water partition coefficient (Wildman–Crippen LogP) is 2.31. The summed E-state index contributed by atoms with van der Waals surface area (Å²) in [5.41, 5.74) is 2.95. The molecular formula is C23H24FN5O2. The second-order valence-electron chi connectivity index (χ2n) is 7.66. The second kappa shape index (κ2) is 9.25. The van der Waals surface area contributed by atoms with Crippen molar-refractivity contribution < 1.29 is 13.9 Å². The molecule has 4 rings (SSSR count). The molecule has 2 aromatic carbocycles. The first-order chi connectivity index (χ1) is 15.0. The third kappa shape index (κ3) is 4.74. The smallest absolute Gasteiger partial charge is 0.251 e. The Morgan fingerprint density at radius 3 is 3.00 bits per heavy atom. The molecule has 2 N–H and O–H groups in total. The topological polar surface area (TPSA) is 92.0 Å². The standard InChI is InChI=1S/C23H24FN5O2/c1-29-21-11-16(4-6-18(21)13-27-29)15-3-5-17(20(24)10-15)9-19(12-25)28-23(30)22-14-26-7-2-8-31-22/h3-6,10-11,13,19,22,26H,2,7-9,14H2,1H3,(H,28,30)/t19-,22+/m1/s1. The van der Waals surface area contributed by atoms with E-state index < -0.39 is 18.0 Å². The molecule has 0 saturated carbocycles. The van der Waals surface area contributed by atoms with Gasteiger partial charge in [-0.15, -0.1) is 0 Å². The average Bonchev–Trinajstić information content (AvgIpc) is 2.97. The Labute approximate surface area is 179 Å². The maximum Gasteiger partial charge on any atom is 0.251 e. The van der Waals surface area contributed by atoms with Crippen LogP contribution in [0.5, 0.6) is 0 Å². The van der Waals surface area contributed by atoms with Crippen molar-refractivity contribution in [2.45, 2.75) is 25.0 Å². The number of aryl methyl sites for hydroxylation is 1. The lowest BCUT2D eigenvalue weighted by atomic mass is 9.99. The van der Waals surface area contributed by atoms with Crippen molar-refractivity contribution in [3.8, 4) is 17.2 Å². The fourth-order valence-corrected chi connectivity index (χ4v) is 3.71. The molecule has 0 spiro atoms. The summed E-state index contributed by atoms with van der Waals surface area (Å²) in [4.78, 5) is 12.4. The fraction of sp³-hybridized carbons (Fsp3) is 0.348. The third-order valence-corrected chi connectivity index (χ3v) is 5.47. The van der Waals surface area contributed by atoms with Crippen LogP contribution in [0.2, 0.25) is 0 Å². The van der Waals surface area contributed by atoms with Crippen molar-refractivity contribution in [1.29, 1.82) is 5.26 Å². The SMILES string of the molecule is Cn1ncc2ccc(-c3ccc(C[C@H](C#N)NC(=O)[C@@H]4CNCCCO4)c(F)c3)cc21. The van der Waals surface area contributed by atoms with Crippen molar-refractivity contribution in [3.63, 3.8) is 0 Å². The Hall–Kier alpha value is -3.28. The molecule has 1 aliphatic heterocycles. The highest BCUT2D eigenvalue weighted by Crippen LogP contribution is 2.26. The average molecular weight is 421 g/mol. The molecule has 0 bridgehead atoms. The van der Waals surface area contributed by atoms with Gasteiger partial charge in [-0.3, -0.25) is 9.48 Å². The number of amides is 1. The second-order valence-corrected chi connectivity index (χ2v) is 7.66. The minimum atomic E-state index is -0.842. The number of nitriles is 1. The number of halogens is 1. The molecular weight excluding hydrogens is 397 g/mol. The van der Waals surface area contributed by atoms with E-state index in [4.69, 9.17) is 4.74 Å². The molecule has 7 nitrogen and oxygen atoms in total. The van der Waals surface area contributed by atoms with Gasteiger partial charge in [-0.05, 0) is 41.8 Å². The van der Waals surface area contributed by atoms with E-state index in [2.05, 4.69) is 15.7 Å². The zero-order valence-corrected chi connectivity index (χ0v) is 17.3. The molecule has 1 amide bonds. The van der Waals surface area contributed by atoms with Gasteiger partial charge in [-0.25, -0.2) is 4.39 Å². The highest BCUT2D eigenvalue weighted by Gasteiger charge is 2.24. The van der Waals surface area contributed by atoms with Gasteiger partial charge in [0.1, 0.15) is 18.0 Å². The van der Waals surface area contributed by atoms with Gasteiger partial charge >= 0.3 is 0 Å². The molecule has 1 aliphatic rings. The first kappa shape index (κ1) is 21.0. The van der Waals surface area contributed by atoms with E-state index in [0.717, 1.165) is 35.0 Å². The van der Waals surface area contributed by atoms with Gasteiger partial charge in [0.2, 0.25) is 0 Å². The van der Waals surface area contributed by atoms with Gasteiger partial charge in [-0.2, -0.15) is 10.4 Å². The maximum absolute atomic E-state index is 14.8. The van der Waals surface area contributed by atoms with Crippen LogP contribution in [0.1, 0.15) is 12.0 Å². The van der Waals surface area contributed by atoms with Crippen molar-refractivity contribution in [3.05, 3.63) is 54.0 Å². The van der Waals surface area contributed by atoms with E-state index in [1.807, 2.05) is 37.4 Å². The Kier molecular flexibility index (Phi) is 6.26. The third-order valence-electron chi connectivity index (χ3n) is 5.47. The molecule has 160 valence electrons. The summed E-state index contributed by atoms with van der Waals surface area (Å²) in [6, 6.07) is 12.0. The lowest BCUT2D eigenvalue weighted by molar-refractivity contribution is -0.132. The van der Waals surface area contributed by atoms with Gasteiger partial charge in [0.05, 0.1) is 17.8 Å². The summed E-state index contributed by atoms with van der Waals surface area (Å²) in [6.45, 7) is 1.67. The minimum absolute atomic E-state index is 0.0786. The molecule has 2 atom stereocenters. The number of benzene rings is 2. The summed E-state index contributed by atoms with van der Waals surface area (Å²) in [6.07, 6.45) is 2.05. The van der Waals surface area contributed by atoms with Gasteiger partial charge in [-0.1, -0.05) is 24.3 Å². The number of ether oxygens (including phenoxy) is 1. The number of hydrogen-bond acceptors (Lipinski definition) is 5. The normalized spacial score (nSPS) is 17.6. The highest BCUT2D eigenvalue weighted by molar-refractivity contribution is 5.84. The molecule has 3 aromatic rings. The first-order valence-electron chi connectivity index (χ1n) is 10.3. The number of nitrogens with zero attached hydrogens (tertiary/aromatic N) is 3. The zero-order chi connectivity index (χ0) is 21.8. The molecule has 31 heavy (non-hydrogen) atoms. The number of carbonyl (C=O) groups is 1. The predicted molar refractivity (Wildman–Crippen MR) is 115 cm³/mol. The van der Waals surface area contributed by atoms with Crippen LogP contribution in [0.4, 0.5) is 4.39 Å². The first-order valence-corrected chi connectivity index (χ1v) is 10.3. The van der Waals surface area contributed by atoms with Crippen LogP contribution >= 0.6 is 0 Å². The Balaban J connectivity index is 1.47. The lowest BCUT2D eigenvalue weighted by Gasteiger charge is -2.18. The van der Waals surface area contributed by atoms with E-state index in [0.29, 0.717) is 18.7 Å². The number of fused-ring (bicyclic) bond motifs is 1. The quantitative estimate of drug-likeness (QED) is 0.660. The summed E-state index contributed by atoms with van der Waals surface area (Å²) in [7, 11) is 1.86. The van der Waals surface area contributed by atoms with Crippen molar-refractivity contribution in [1.82, 2.24) is 20.4 Å². The van der Waals surface area contributed by atoms with Gasteiger partial charge in [0.25, 0.3) is 5.91 Å². The Morgan fingerprint density at radius 1 is 1.39 bits per heavy atom. The van der Waals surface area contributed by atoms with Crippen molar-refractivity contribution in [2.75, 3.05) is 19.7 Å².